The highest BCUT2D eigenvalue weighted by molar-refractivity contribution is 7.89. The first kappa shape index (κ1) is 15.3. The molecule has 1 aliphatic rings. The minimum atomic E-state index is -3.08. The predicted octanol–water partition coefficient (Wildman–Crippen LogP) is 2.75. The maximum Gasteiger partial charge on any atom is 0.211 e. The highest BCUT2D eigenvalue weighted by atomic mass is 35.5. The largest absolute Gasteiger partial charge is 0.215 e. The average Bonchev–Trinajstić information content (AvgIpc) is 2.29. The molecule has 0 aliphatic heterocycles. The first-order chi connectivity index (χ1) is 8.03. The zero-order valence-corrected chi connectivity index (χ0v) is 12.2. The summed E-state index contributed by atoms with van der Waals surface area (Å²) in [4.78, 5) is 0. The molecule has 1 aliphatic carbocycles. The Morgan fingerprint density at radius 3 is 2.41 bits per heavy atom. The lowest BCUT2D eigenvalue weighted by atomic mass is 9.83. The van der Waals surface area contributed by atoms with E-state index in [0.717, 1.165) is 25.2 Å². The third kappa shape index (κ3) is 6.63. The Kier molecular flexibility index (Phi) is 6.82. The van der Waals surface area contributed by atoms with Gasteiger partial charge in [0, 0.05) is 12.4 Å². The molecule has 5 heteroatoms. The van der Waals surface area contributed by atoms with E-state index < -0.39 is 10.0 Å². The topological polar surface area (TPSA) is 46.2 Å². The van der Waals surface area contributed by atoms with Crippen LogP contribution in [0.2, 0.25) is 0 Å². The molecule has 0 atom stereocenters. The lowest BCUT2D eigenvalue weighted by molar-refractivity contribution is 0.290. The summed E-state index contributed by atoms with van der Waals surface area (Å²) >= 11 is 5.53. The second-order valence-corrected chi connectivity index (χ2v) is 7.49. The zero-order chi connectivity index (χ0) is 12.7. The normalized spacial score (nSPS) is 26.0. The molecule has 0 spiro atoms. The maximum absolute atomic E-state index is 11.7. The van der Waals surface area contributed by atoms with Crippen LogP contribution >= 0.6 is 11.6 Å². The number of alkyl halides is 1. The summed E-state index contributed by atoms with van der Waals surface area (Å²) in [6.07, 6.45) is 6.21. The van der Waals surface area contributed by atoms with Crippen LogP contribution in [0.1, 0.15) is 45.4 Å². The fraction of sp³-hybridized carbons (Fsp3) is 1.00. The van der Waals surface area contributed by atoms with E-state index in [1.165, 1.54) is 12.8 Å². The molecule has 0 bridgehead atoms. The quantitative estimate of drug-likeness (QED) is 0.576. The molecule has 0 heterocycles. The molecule has 0 aromatic carbocycles. The molecule has 1 N–H and O–H groups in total. The van der Waals surface area contributed by atoms with Gasteiger partial charge in [0.05, 0.1) is 5.75 Å². The van der Waals surface area contributed by atoms with Crippen molar-refractivity contribution in [2.75, 3.05) is 18.2 Å². The van der Waals surface area contributed by atoms with Gasteiger partial charge < -0.3 is 0 Å². The summed E-state index contributed by atoms with van der Waals surface area (Å²) in [6, 6.07) is 0. The summed E-state index contributed by atoms with van der Waals surface area (Å²) < 4.78 is 26.0. The van der Waals surface area contributed by atoms with Crippen molar-refractivity contribution in [1.82, 2.24) is 4.72 Å². The van der Waals surface area contributed by atoms with Crippen LogP contribution in [0.15, 0.2) is 0 Å². The molecule has 0 aromatic heterocycles. The van der Waals surface area contributed by atoms with Crippen molar-refractivity contribution in [2.45, 2.75) is 45.4 Å². The van der Waals surface area contributed by atoms with Gasteiger partial charge in [-0.3, -0.25) is 0 Å². The first-order valence-electron chi connectivity index (χ1n) is 6.57. The van der Waals surface area contributed by atoms with Crippen LogP contribution in [0.3, 0.4) is 0 Å². The van der Waals surface area contributed by atoms with Crippen LogP contribution in [-0.4, -0.2) is 26.6 Å². The van der Waals surface area contributed by atoms with E-state index in [1.54, 1.807) is 0 Å². The molecule has 17 heavy (non-hydrogen) atoms. The molecule has 0 saturated heterocycles. The Labute approximate surface area is 110 Å². The van der Waals surface area contributed by atoms with E-state index >= 15 is 0 Å². The highest BCUT2D eigenvalue weighted by Gasteiger charge is 2.20. The van der Waals surface area contributed by atoms with Crippen LogP contribution < -0.4 is 4.72 Å². The number of hydrogen-bond donors (Lipinski definition) is 1. The van der Waals surface area contributed by atoms with Crippen molar-refractivity contribution >= 4 is 21.6 Å². The summed E-state index contributed by atoms with van der Waals surface area (Å²) in [5, 5.41) is 0. The molecule has 1 rings (SSSR count). The van der Waals surface area contributed by atoms with Crippen molar-refractivity contribution in [3.8, 4) is 0 Å². The minimum absolute atomic E-state index is 0.211. The van der Waals surface area contributed by atoms with Crippen molar-refractivity contribution < 1.29 is 8.42 Å². The molecular formula is C12H24ClNO2S. The van der Waals surface area contributed by atoms with Crippen LogP contribution in [0.25, 0.3) is 0 Å². The second-order valence-electron chi connectivity index (χ2n) is 5.19. The molecule has 0 unspecified atom stereocenters. The van der Waals surface area contributed by atoms with Gasteiger partial charge in [-0.1, -0.05) is 19.8 Å². The summed E-state index contributed by atoms with van der Waals surface area (Å²) in [5.41, 5.74) is 0. The third-order valence-electron chi connectivity index (χ3n) is 3.52. The minimum Gasteiger partial charge on any atom is -0.215 e. The van der Waals surface area contributed by atoms with Crippen LogP contribution in [0, 0.1) is 11.8 Å². The van der Waals surface area contributed by atoms with E-state index in [9.17, 15) is 8.42 Å². The SMILES string of the molecule is CC1CCC(CNS(=O)(=O)CCCCCl)CC1. The standard InChI is InChI=1S/C12H24ClNO2S/c1-11-4-6-12(7-5-11)10-14-17(15,16)9-3-2-8-13/h11-12,14H,2-10H2,1H3. The predicted molar refractivity (Wildman–Crippen MR) is 72.9 cm³/mol. The Morgan fingerprint density at radius 1 is 1.18 bits per heavy atom. The highest BCUT2D eigenvalue weighted by Crippen LogP contribution is 2.27. The number of sulfonamides is 1. The number of halogens is 1. The summed E-state index contributed by atoms with van der Waals surface area (Å²) in [5.74, 6) is 2.10. The van der Waals surface area contributed by atoms with Gasteiger partial charge in [-0.2, -0.15) is 0 Å². The Hall–Kier alpha value is 0.200. The smallest absolute Gasteiger partial charge is 0.211 e. The first-order valence-corrected chi connectivity index (χ1v) is 8.75. The van der Waals surface area contributed by atoms with E-state index in [1.807, 2.05) is 0 Å². The van der Waals surface area contributed by atoms with Gasteiger partial charge in [-0.05, 0) is 37.5 Å². The van der Waals surface area contributed by atoms with Crippen LogP contribution in [0.5, 0.6) is 0 Å². The lowest BCUT2D eigenvalue weighted by Gasteiger charge is -2.26. The van der Waals surface area contributed by atoms with Crippen molar-refractivity contribution in [3.63, 3.8) is 0 Å². The van der Waals surface area contributed by atoms with Crippen molar-refractivity contribution in [1.29, 1.82) is 0 Å². The van der Waals surface area contributed by atoms with Gasteiger partial charge >= 0.3 is 0 Å². The van der Waals surface area contributed by atoms with Gasteiger partial charge in [0.1, 0.15) is 0 Å². The fourth-order valence-electron chi connectivity index (χ4n) is 2.24. The Bertz CT molecular complexity index is 298. The maximum atomic E-state index is 11.7. The monoisotopic (exact) mass is 281 g/mol. The molecule has 0 amide bonds. The number of rotatable bonds is 7. The molecule has 3 nitrogen and oxygen atoms in total. The van der Waals surface area contributed by atoms with Crippen LogP contribution in [0.4, 0.5) is 0 Å². The molecule has 102 valence electrons. The van der Waals surface area contributed by atoms with Gasteiger partial charge in [0.25, 0.3) is 0 Å². The summed E-state index contributed by atoms with van der Waals surface area (Å²) in [6.45, 7) is 2.89. The summed E-state index contributed by atoms with van der Waals surface area (Å²) in [7, 11) is -3.08. The van der Waals surface area contributed by atoms with Crippen LogP contribution in [-0.2, 0) is 10.0 Å². The van der Waals surface area contributed by atoms with Gasteiger partial charge in [-0.25, -0.2) is 13.1 Å². The van der Waals surface area contributed by atoms with E-state index in [2.05, 4.69) is 11.6 Å². The fourth-order valence-corrected chi connectivity index (χ4v) is 3.64. The van der Waals surface area contributed by atoms with Gasteiger partial charge in [0.2, 0.25) is 10.0 Å². The molecule has 1 saturated carbocycles. The second kappa shape index (κ2) is 7.59. The van der Waals surface area contributed by atoms with Gasteiger partial charge in [-0.15, -0.1) is 11.6 Å². The lowest BCUT2D eigenvalue weighted by Crippen LogP contribution is -2.32. The number of unbranched alkanes of at least 4 members (excludes halogenated alkanes) is 1. The van der Waals surface area contributed by atoms with E-state index in [4.69, 9.17) is 11.6 Å². The molecular weight excluding hydrogens is 258 g/mol. The van der Waals surface area contributed by atoms with Crippen molar-refractivity contribution in [2.24, 2.45) is 11.8 Å². The number of nitrogens with one attached hydrogen (secondary N) is 1. The zero-order valence-electron chi connectivity index (χ0n) is 10.6. The van der Waals surface area contributed by atoms with E-state index in [0.29, 0.717) is 24.8 Å². The average molecular weight is 282 g/mol. The Morgan fingerprint density at radius 2 is 1.82 bits per heavy atom. The van der Waals surface area contributed by atoms with Crippen molar-refractivity contribution in [3.05, 3.63) is 0 Å². The van der Waals surface area contributed by atoms with E-state index in [-0.39, 0.29) is 5.75 Å². The Balaban J connectivity index is 2.20. The third-order valence-corrected chi connectivity index (χ3v) is 5.22. The van der Waals surface area contributed by atoms with Gasteiger partial charge in [0.15, 0.2) is 0 Å². The number of hydrogen-bond acceptors (Lipinski definition) is 2. The molecule has 1 fully saturated rings. The molecule has 0 aromatic rings. The molecule has 0 radical (unpaired) electrons.